The van der Waals surface area contributed by atoms with Crippen LogP contribution in [0.15, 0.2) is 158 Å². The first-order chi connectivity index (χ1) is 57.1. The molecule has 10 aromatic carbocycles. The summed E-state index contributed by atoms with van der Waals surface area (Å²) in [7, 11) is 4.67. The van der Waals surface area contributed by atoms with Gasteiger partial charge >= 0.3 is 6.18 Å². The van der Waals surface area contributed by atoms with Gasteiger partial charge in [-0.3, -0.25) is 24.5 Å². The molecule has 0 aliphatic carbocycles. The molecule has 0 spiro atoms. The van der Waals surface area contributed by atoms with Crippen molar-refractivity contribution in [1.29, 1.82) is 0 Å². The summed E-state index contributed by atoms with van der Waals surface area (Å²) in [6, 6.07) is 53.4. The Balaban J connectivity index is 0.000000147. The Bertz CT molecular complexity index is 5000. The Hall–Kier alpha value is -7.38. The van der Waals surface area contributed by atoms with Crippen LogP contribution < -0.4 is 14.2 Å². The molecule has 640 valence electrons. The molecule has 5 heterocycles. The molecule has 0 amide bonds. The number of hydrogen-bond donors (Lipinski definition) is 3. The van der Waals surface area contributed by atoms with Gasteiger partial charge in [-0.1, -0.05) is 160 Å². The Labute approximate surface area is 743 Å². The average Bonchev–Trinajstić information content (AvgIpc) is 1.64. The van der Waals surface area contributed by atoms with Crippen molar-refractivity contribution in [2.45, 2.75) is 235 Å². The molecule has 0 fully saturated rings. The van der Waals surface area contributed by atoms with Crippen molar-refractivity contribution in [2.24, 2.45) is 0 Å². The molecule has 10 aromatic rings. The van der Waals surface area contributed by atoms with Crippen LogP contribution in [-0.4, -0.2) is 91.4 Å². The molecule has 3 N–H and O–H groups in total. The van der Waals surface area contributed by atoms with Gasteiger partial charge in [0.2, 0.25) is 0 Å². The van der Waals surface area contributed by atoms with Crippen LogP contribution in [0.4, 0.5) is 13.2 Å². The first kappa shape index (κ1) is 93.3. The van der Waals surface area contributed by atoms with Gasteiger partial charge in [0.25, 0.3) is 0 Å². The lowest BCUT2D eigenvalue weighted by Gasteiger charge is -2.24. The number of aryl methyl sites for hydroxylation is 10. The largest absolute Gasteiger partial charge is 0.504 e. The van der Waals surface area contributed by atoms with Crippen molar-refractivity contribution in [1.82, 2.24) is 24.5 Å². The molecule has 5 atom stereocenters. The molecule has 0 radical (unpaired) electrons. The number of rotatable bonds is 23. The van der Waals surface area contributed by atoms with Gasteiger partial charge in [-0.2, -0.15) is 13.2 Å². The third-order valence-electron chi connectivity index (χ3n) is 24.5. The normalized spacial score (nSPS) is 15.6. The van der Waals surface area contributed by atoms with Crippen LogP contribution in [0.2, 0.25) is 35.2 Å². The van der Waals surface area contributed by atoms with E-state index in [0.29, 0.717) is 74.6 Å². The number of benzene rings is 10. The molecule has 0 saturated carbocycles. The minimum absolute atomic E-state index is 0.111. The van der Waals surface area contributed by atoms with Gasteiger partial charge in [-0.15, -0.1) is 0 Å². The molecule has 120 heavy (non-hydrogen) atoms. The second-order valence-electron chi connectivity index (χ2n) is 33.3. The highest BCUT2D eigenvalue weighted by Crippen LogP contribution is 2.40. The fourth-order valence-corrected chi connectivity index (χ4v) is 17.7. The van der Waals surface area contributed by atoms with Crippen molar-refractivity contribution >= 4 is 81.2 Å². The van der Waals surface area contributed by atoms with E-state index < -0.39 is 11.7 Å². The molecular formula is C99H113Cl7F3N5O6. The fourth-order valence-electron chi connectivity index (χ4n) is 16.5. The predicted octanol–water partition coefficient (Wildman–Crippen LogP) is 26.4. The lowest BCUT2D eigenvalue weighted by Crippen LogP contribution is -2.28. The average molecular weight is 1770 g/mol. The Morgan fingerprint density at radius 1 is 0.292 bits per heavy atom. The van der Waals surface area contributed by atoms with Crippen LogP contribution in [0, 0.1) is 34.6 Å². The van der Waals surface area contributed by atoms with Gasteiger partial charge in [0.15, 0.2) is 34.5 Å². The number of hydrogen-bond acceptors (Lipinski definition) is 11. The monoisotopic (exact) mass is 1770 g/mol. The maximum atomic E-state index is 13.1. The number of ether oxygens (including phenoxy) is 3. The minimum Gasteiger partial charge on any atom is -0.504 e. The first-order valence-corrected chi connectivity index (χ1v) is 44.0. The summed E-state index contributed by atoms with van der Waals surface area (Å²) in [5, 5.41) is 34.2. The summed E-state index contributed by atoms with van der Waals surface area (Å²) in [5.41, 5.74) is 23.5. The van der Waals surface area contributed by atoms with Gasteiger partial charge in [0, 0.05) is 111 Å². The van der Waals surface area contributed by atoms with E-state index in [4.69, 9.17) is 95.4 Å². The minimum atomic E-state index is -4.31. The number of methoxy groups -OCH3 is 3. The lowest BCUT2D eigenvalue weighted by molar-refractivity contribution is -0.138. The highest BCUT2D eigenvalue weighted by Gasteiger charge is 2.36. The van der Waals surface area contributed by atoms with Crippen LogP contribution >= 0.6 is 81.2 Å². The number of halogens is 10. The molecule has 0 aromatic heterocycles. The summed E-state index contributed by atoms with van der Waals surface area (Å²) in [6.45, 7) is 30.4. The summed E-state index contributed by atoms with van der Waals surface area (Å²) in [4.78, 5) is 12.3. The Morgan fingerprint density at radius 3 is 0.825 bits per heavy atom. The zero-order valence-electron chi connectivity index (χ0n) is 71.1. The smallest absolute Gasteiger partial charge is 0.416 e. The van der Waals surface area contributed by atoms with E-state index in [9.17, 15) is 28.5 Å². The molecular weight excluding hydrogens is 1660 g/mol. The van der Waals surface area contributed by atoms with E-state index in [2.05, 4.69) is 154 Å². The van der Waals surface area contributed by atoms with E-state index in [1.54, 1.807) is 38.5 Å². The Kier molecular flexibility index (Phi) is 32.9. The predicted molar refractivity (Wildman–Crippen MR) is 488 cm³/mol. The maximum Gasteiger partial charge on any atom is 0.416 e. The quantitative estimate of drug-likeness (QED) is 0.0570. The SMILES string of the molecule is COc1cc(CC[C@@H](C)N2Cc3cc(C)c(C(F)(F)F)cc3C2)ccc1O.COc1cc(CC[C@@H](C)N2Cc3cc(C)c(Cl)cc3C2)ccc1O.COc1cc(CC[C@@H](C)N2Cc3cc(C)c(Cl)cc3C2)ccc1O.Cc1cc2c(cc1Cl)CN([C@H](C)CCc1ccc(Cl)c(Cl)c1)C2.Cc1ccc2c(c1)CN([C@H](C)CCc1ccc(Cl)c(Cl)c1)C2. The lowest BCUT2D eigenvalue weighted by atomic mass is 10.0. The topological polar surface area (TPSA) is 105 Å². The van der Waals surface area contributed by atoms with Gasteiger partial charge in [-0.05, 0) is 324 Å². The molecule has 15 rings (SSSR count). The van der Waals surface area contributed by atoms with Crippen LogP contribution in [0.3, 0.4) is 0 Å². The van der Waals surface area contributed by atoms with Gasteiger partial charge < -0.3 is 29.5 Å². The second kappa shape index (κ2) is 42.3. The van der Waals surface area contributed by atoms with Crippen molar-refractivity contribution < 1.29 is 42.7 Å². The summed E-state index contributed by atoms with van der Waals surface area (Å²) in [5.74, 6) is 2.02. The number of aromatic hydroxyl groups is 3. The van der Waals surface area contributed by atoms with Crippen molar-refractivity contribution in [2.75, 3.05) is 21.3 Å². The first-order valence-electron chi connectivity index (χ1n) is 41.4. The van der Waals surface area contributed by atoms with Crippen LogP contribution in [0.5, 0.6) is 34.5 Å². The van der Waals surface area contributed by atoms with Gasteiger partial charge in [0.05, 0.1) is 47.0 Å². The van der Waals surface area contributed by atoms with E-state index >= 15 is 0 Å². The zero-order chi connectivity index (χ0) is 86.6. The van der Waals surface area contributed by atoms with Crippen LogP contribution in [0.1, 0.15) is 184 Å². The third-order valence-corrected chi connectivity index (χ3v) is 27.2. The van der Waals surface area contributed by atoms with Gasteiger partial charge in [0.1, 0.15) is 0 Å². The number of fused-ring (bicyclic) bond motifs is 5. The highest BCUT2D eigenvalue weighted by molar-refractivity contribution is 6.42. The van der Waals surface area contributed by atoms with Crippen molar-refractivity contribution in [3.63, 3.8) is 0 Å². The van der Waals surface area contributed by atoms with E-state index in [0.717, 1.165) is 165 Å². The number of alkyl halides is 3. The van der Waals surface area contributed by atoms with E-state index in [1.807, 2.05) is 60.7 Å². The van der Waals surface area contributed by atoms with Crippen molar-refractivity contribution in [3.8, 4) is 34.5 Å². The molecule has 0 bridgehead atoms. The second-order valence-corrected chi connectivity index (χ2v) is 36.1. The van der Waals surface area contributed by atoms with Gasteiger partial charge in [-0.25, -0.2) is 0 Å². The third kappa shape index (κ3) is 24.8. The van der Waals surface area contributed by atoms with E-state index in [-0.39, 0.29) is 28.9 Å². The maximum absolute atomic E-state index is 13.1. The fraction of sp³-hybridized carbons (Fsp3) is 0.394. The van der Waals surface area contributed by atoms with Crippen LogP contribution in [0.25, 0.3) is 0 Å². The zero-order valence-corrected chi connectivity index (χ0v) is 76.4. The number of phenolic OH excluding ortho intramolecular Hbond substituents is 3. The molecule has 5 aliphatic rings. The Morgan fingerprint density at radius 2 is 0.542 bits per heavy atom. The molecule has 0 saturated heterocycles. The number of nitrogens with zero attached hydrogens (tertiary/aromatic N) is 5. The summed E-state index contributed by atoms with van der Waals surface area (Å²) in [6.07, 6.45) is 5.68. The number of phenols is 3. The molecule has 11 nitrogen and oxygen atoms in total. The molecule has 21 heteroatoms. The highest BCUT2D eigenvalue weighted by atomic mass is 35.5. The summed E-state index contributed by atoms with van der Waals surface area (Å²) < 4.78 is 54.9. The molecule has 0 unspecified atom stereocenters. The molecule has 5 aliphatic heterocycles. The van der Waals surface area contributed by atoms with Crippen molar-refractivity contribution in [3.05, 3.63) is 310 Å². The van der Waals surface area contributed by atoms with Crippen LogP contribution in [-0.2, 0) is 104 Å². The summed E-state index contributed by atoms with van der Waals surface area (Å²) >= 11 is 42.9. The standard InChI is InChI=1S/C21H24F3NO2.2C20H24ClNO2.C19H20Cl3N.C19H21Cl2N/c1-13-8-16-11-25(12-17(16)10-18(13)21(22,23)24)14(2)4-5-15-6-7-19(26)20(9-15)27-3;2*1-13-8-16-11-22(12-17(16)10-18(13)21)14(2)4-5-15-6-7-19(23)20(9-15)24-3;1-12-7-15-10-23(11-16(15)9-18(12)21)13(2)3-4-14-5-6-17(20)19(22)8-14;1-13-3-7-16-11-22(12-17(16)9-13)14(2)4-5-15-6-8-18(20)19(21)10-15/h6-10,14,26H,4-5,11-12H2,1-3H3;2*6-10,14,23H,4-5,11-12H2,1-3H3;5-9,13H,3-4,10-11H2,1-2H3;3,6-10,14H,4-5,11-12H2,1-2H3/t3*14-;13-;14-/m11111/s1. The van der Waals surface area contributed by atoms with E-state index in [1.165, 1.54) is 92.4 Å².